The SMILES string of the molecule is CC1(C)Oc2ccccc2-c2nc3ncc(Br)cn3c21. The number of nitrogens with zero attached hydrogens (tertiary/aromatic N) is 3. The van der Waals surface area contributed by atoms with Crippen molar-refractivity contribution in [3.63, 3.8) is 0 Å². The molecule has 0 saturated carbocycles. The second kappa shape index (κ2) is 3.82. The Morgan fingerprint density at radius 3 is 2.90 bits per heavy atom. The number of hydrogen-bond donors (Lipinski definition) is 0. The summed E-state index contributed by atoms with van der Waals surface area (Å²) in [5.74, 6) is 1.55. The maximum Gasteiger partial charge on any atom is 0.234 e. The van der Waals surface area contributed by atoms with Gasteiger partial charge in [-0.3, -0.25) is 4.40 Å². The Bertz CT molecular complexity index is 838. The molecule has 4 rings (SSSR count). The van der Waals surface area contributed by atoms with Crippen LogP contribution in [-0.4, -0.2) is 14.4 Å². The van der Waals surface area contributed by atoms with Gasteiger partial charge in [-0.2, -0.15) is 0 Å². The van der Waals surface area contributed by atoms with Crippen molar-refractivity contribution in [3.05, 3.63) is 46.8 Å². The average molecular weight is 330 g/mol. The van der Waals surface area contributed by atoms with Crippen molar-refractivity contribution in [1.82, 2.24) is 14.4 Å². The number of hydrogen-bond acceptors (Lipinski definition) is 3. The van der Waals surface area contributed by atoms with Gasteiger partial charge in [-0.05, 0) is 41.9 Å². The van der Waals surface area contributed by atoms with E-state index in [2.05, 4.69) is 39.7 Å². The molecule has 3 heterocycles. The lowest BCUT2D eigenvalue weighted by Gasteiger charge is -2.32. The minimum Gasteiger partial charge on any atom is -0.481 e. The molecular weight excluding hydrogens is 318 g/mol. The molecule has 0 fully saturated rings. The van der Waals surface area contributed by atoms with Gasteiger partial charge in [-0.15, -0.1) is 0 Å². The van der Waals surface area contributed by atoms with E-state index in [0.29, 0.717) is 5.78 Å². The Morgan fingerprint density at radius 2 is 2.05 bits per heavy atom. The van der Waals surface area contributed by atoms with Crippen molar-refractivity contribution in [1.29, 1.82) is 0 Å². The van der Waals surface area contributed by atoms with E-state index in [0.717, 1.165) is 27.2 Å². The van der Waals surface area contributed by atoms with Crippen molar-refractivity contribution in [2.45, 2.75) is 19.4 Å². The third kappa shape index (κ3) is 1.53. The summed E-state index contributed by atoms with van der Waals surface area (Å²) in [7, 11) is 0. The molecule has 2 aromatic heterocycles. The first-order chi connectivity index (χ1) is 9.56. The van der Waals surface area contributed by atoms with Gasteiger partial charge in [0.25, 0.3) is 0 Å². The standard InChI is InChI=1S/C15H12BrN3O/c1-15(2)13-12(10-5-3-4-6-11(10)20-15)18-14-17-7-9(16)8-19(13)14/h3-8H,1-2H3. The number of para-hydroxylation sites is 1. The van der Waals surface area contributed by atoms with Crippen molar-refractivity contribution in [3.8, 4) is 17.0 Å². The summed E-state index contributed by atoms with van der Waals surface area (Å²) in [6.07, 6.45) is 3.74. The molecule has 1 aliphatic rings. The number of halogens is 1. The smallest absolute Gasteiger partial charge is 0.234 e. The van der Waals surface area contributed by atoms with Gasteiger partial charge in [0.15, 0.2) is 0 Å². The second-order valence-corrected chi connectivity index (χ2v) is 6.28. The first-order valence-electron chi connectivity index (χ1n) is 6.39. The van der Waals surface area contributed by atoms with E-state index in [-0.39, 0.29) is 0 Å². The van der Waals surface area contributed by atoms with E-state index in [9.17, 15) is 0 Å². The number of imidazole rings is 1. The van der Waals surface area contributed by atoms with Crippen LogP contribution in [0.25, 0.3) is 17.0 Å². The van der Waals surface area contributed by atoms with Crippen LogP contribution in [-0.2, 0) is 5.60 Å². The topological polar surface area (TPSA) is 39.4 Å². The maximum atomic E-state index is 6.15. The summed E-state index contributed by atoms with van der Waals surface area (Å²) in [6.45, 7) is 4.10. The molecule has 100 valence electrons. The van der Waals surface area contributed by atoms with Gasteiger partial charge in [-0.25, -0.2) is 9.97 Å². The summed E-state index contributed by atoms with van der Waals surface area (Å²) >= 11 is 3.46. The van der Waals surface area contributed by atoms with Gasteiger partial charge in [-0.1, -0.05) is 12.1 Å². The van der Waals surface area contributed by atoms with Crippen LogP contribution in [0.15, 0.2) is 41.1 Å². The molecule has 0 N–H and O–H groups in total. The number of ether oxygens (including phenoxy) is 1. The lowest BCUT2D eigenvalue weighted by atomic mass is 9.95. The van der Waals surface area contributed by atoms with E-state index >= 15 is 0 Å². The average Bonchev–Trinajstić information content (AvgIpc) is 2.78. The van der Waals surface area contributed by atoms with Crippen LogP contribution in [0.5, 0.6) is 5.75 Å². The van der Waals surface area contributed by atoms with Crippen molar-refractivity contribution in [2.24, 2.45) is 0 Å². The van der Waals surface area contributed by atoms with E-state index < -0.39 is 5.60 Å². The first kappa shape index (κ1) is 11.9. The molecule has 0 atom stereocenters. The molecule has 0 aliphatic carbocycles. The molecule has 0 radical (unpaired) electrons. The van der Waals surface area contributed by atoms with Gasteiger partial charge >= 0.3 is 0 Å². The van der Waals surface area contributed by atoms with Crippen LogP contribution in [0, 0.1) is 0 Å². The third-order valence-corrected chi connectivity index (χ3v) is 3.94. The monoisotopic (exact) mass is 329 g/mol. The highest BCUT2D eigenvalue weighted by molar-refractivity contribution is 9.10. The normalized spacial score (nSPS) is 15.6. The zero-order valence-corrected chi connectivity index (χ0v) is 12.7. The van der Waals surface area contributed by atoms with Gasteiger partial charge in [0.1, 0.15) is 17.0 Å². The van der Waals surface area contributed by atoms with Crippen LogP contribution >= 0.6 is 15.9 Å². The van der Waals surface area contributed by atoms with E-state index in [1.54, 1.807) is 6.20 Å². The molecule has 0 saturated heterocycles. The molecule has 3 aromatic rings. The Hall–Kier alpha value is -1.88. The quantitative estimate of drug-likeness (QED) is 0.630. The van der Waals surface area contributed by atoms with E-state index in [1.165, 1.54) is 0 Å². The van der Waals surface area contributed by atoms with Crippen molar-refractivity contribution in [2.75, 3.05) is 0 Å². The maximum absolute atomic E-state index is 6.15. The van der Waals surface area contributed by atoms with Gasteiger partial charge in [0.05, 0.1) is 10.2 Å². The Kier molecular flexibility index (Phi) is 2.27. The Labute approximate surface area is 124 Å². The predicted molar refractivity (Wildman–Crippen MR) is 79.8 cm³/mol. The minimum atomic E-state index is -0.453. The van der Waals surface area contributed by atoms with Crippen LogP contribution in [0.1, 0.15) is 19.5 Å². The number of rotatable bonds is 0. The van der Waals surface area contributed by atoms with Gasteiger partial charge in [0, 0.05) is 18.0 Å². The molecule has 5 heteroatoms. The summed E-state index contributed by atoms with van der Waals surface area (Å²) in [6, 6.07) is 7.99. The Morgan fingerprint density at radius 1 is 1.25 bits per heavy atom. The first-order valence-corrected chi connectivity index (χ1v) is 7.18. The van der Waals surface area contributed by atoms with Crippen molar-refractivity contribution < 1.29 is 4.74 Å². The Balaban J connectivity index is 2.15. The molecule has 1 aliphatic heterocycles. The fourth-order valence-corrected chi connectivity index (χ4v) is 3.05. The molecule has 1 aromatic carbocycles. The van der Waals surface area contributed by atoms with Crippen LogP contribution in [0.3, 0.4) is 0 Å². The zero-order chi connectivity index (χ0) is 13.9. The third-order valence-electron chi connectivity index (χ3n) is 3.53. The van der Waals surface area contributed by atoms with Gasteiger partial charge in [0.2, 0.25) is 5.78 Å². The summed E-state index contributed by atoms with van der Waals surface area (Å²) in [5.41, 5.74) is 2.54. The highest BCUT2D eigenvalue weighted by atomic mass is 79.9. The lowest BCUT2D eigenvalue weighted by molar-refractivity contribution is 0.0996. The largest absolute Gasteiger partial charge is 0.481 e. The summed E-state index contributed by atoms with van der Waals surface area (Å²) < 4.78 is 9.06. The zero-order valence-electron chi connectivity index (χ0n) is 11.1. The summed E-state index contributed by atoms with van der Waals surface area (Å²) in [4.78, 5) is 9.06. The van der Waals surface area contributed by atoms with E-state index in [1.807, 2.05) is 34.9 Å². The number of aromatic nitrogens is 3. The summed E-state index contributed by atoms with van der Waals surface area (Å²) in [5, 5.41) is 0. The lowest BCUT2D eigenvalue weighted by Crippen LogP contribution is -2.30. The molecule has 0 amide bonds. The highest BCUT2D eigenvalue weighted by Crippen LogP contribution is 2.44. The van der Waals surface area contributed by atoms with Crippen LogP contribution in [0.2, 0.25) is 0 Å². The van der Waals surface area contributed by atoms with E-state index in [4.69, 9.17) is 4.74 Å². The fourth-order valence-electron chi connectivity index (χ4n) is 2.75. The predicted octanol–water partition coefficient (Wildman–Crippen LogP) is 3.79. The van der Waals surface area contributed by atoms with Crippen LogP contribution in [0.4, 0.5) is 0 Å². The van der Waals surface area contributed by atoms with Crippen molar-refractivity contribution >= 4 is 21.7 Å². The highest BCUT2D eigenvalue weighted by Gasteiger charge is 2.37. The molecule has 4 nitrogen and oxygen atoms in total. The minimum absolute atomic E-state index is 0.453. The molecule has 0 bridgehead atoms. The molecular formula is C15H12BrN3O. The molecule has 0 unspecified atom stereocenters. The molecule has 0 spiro atoms. The second-order valence-electron chi connectivity index (χ2n) is 5.36. The fraction of sp³-hybridized carbons (Fsp3) is 0.200. The van der Waals surface area contributed by atoms with Gasteiger partial charge < -0.3 is 4.74 Å². The number of benzene rings is 1. The van der Waals surface area contributed by atoms with Crippen LogP contribution < -0.4 is 4.74 Å². The number of fused-ring (bicyclic) bond motifs is 5. The molecule has 20 heavy (non-hydrogen) atoms.